The summed E-state index contributed by atoms with van der Waals surface area (Å²) >= 11 is 12.8. The number of nitrogens with zero attached hydrogens (tertiary/aromatic N) is 2. The van der Waals surface area contributed by atoms with Gasteiger partial charge in [-0.15, -0.1) is 0 Å². The van der Waals surface area contributed by atoms with Crippen LogP contribution in [-0.4, -0.2) is 43.8 Å². The van der Waals surface area contributed by atoms with E-state index < -0.39 is 28.5 Å². The van der Waals surface area contributed by atoms with Crippen LogP contribution in [0.1, 0.15) is 55.7 Å². The third-order valence-corrected chi connectivity index (χ3v) is 10.2. The van der Waals surface area contributed by atoms with Crippen molar-refractivity contribution in [3.8, 4) is 0 Å². The van der Waals surface area contributed by atoms with E-state index in [1.807, 2.05) is 45.0 Å². The minimum atomic E-state index is -4.25. The molecule has 1 saturated carbocycles. The molecular formula is C32H37Cl2N3O4S. The lowest BCUT2D eigenvalue weighted by atomic mass is 10.1. The summed E-state index contributed by atoms with van der Waals surface area (Å²) in [6, 6.07) is 18.0. The lowest BCUT2D eigenvalue weighted by molar-refractivity contribution is -0.140. The highest BCUT2D eigenvalue weighted by atomic mass is 35.5. The topological polar surface area (TPSA) is 86.8 Å². The highest BCUT2D eigenvalue weighted by Crippen LogP contribution is 2.35. The minimum absolute atomic E-state index is 0.00745. The quantitative estimate of drug-likeness (QED) is 0.256. The molecular weight excluding hydrogens is 593 g/mol. The zero-order valence-electron chi connectivity index (χ0n) is 24.1. The lowest BCUT2D eigenvalue weighted by Crippen LogP contribution is -2.53. The van der Waals surface area contributed by atoms with E-state index in [1.54, 1.807) is 24.3 Å². The number of hydrogen-bond donors (Lipinski definition) is 1. The fraction of sp³-hybridized carbons (Fsp3) is 0.375. The average Bonchev–Trinajstić information content (AvgIpc) is 3.47. The lowest BCUT2D eigenvalue weighted by Gasteiger charge is -2.34. The predicted molar refractivity (Wildman–Crippen MR) is 168 cm³/mol. The number of nitrogens with one attached hydrogen (secondary N) is 1. The molecule has 3 aromatic rings. The summed E-state index contributed by atoms with van der Waals surface area (Å²) in [6.45, 7) is 5.24. The van der Waals surface area contributed by atoms with Crippen molar-refractivity contribution in [1.82, 2.24) is 10.2 Å². The second-order valence-corrected chi connectivity index (χ2v) is 13.5. The van der Waals surface area contributed by atoms with Crippen LogP contribution >= 0.6 is 23.2 Å². The van der Waals surface area contributed by atoms with Gasteiger partial charge in [-0.1, -0.05) is 96.6 Å². The van der Waals surface area contributed by atoms with E-state index in [0.717, 1.165) is 46.7 Å². The van der Waals surface area contributed by atoms with Gasteiger partial charge in [-0.25, -0.2) is 8.42 Å². The maximum absolute atomic E-state index is 14.2. The molecule has 1 unspecified atom stereocenters. The van der Waals surface area contributed by atoms with E-state index in [4.69, 9.17) is 23.2 Å². The van der Waals surface area contributed by atoms with Crippen molar-refractivity contribution < 1.29 is 18.0 Å². The van der Waals surface area contributed by atoms with Crippen LogP contribution in [0.5, 0.6) is 0 Å². The van der Waals surface area contributed by atoms with E-state index in [-0.39, 0.29) is 39.1 Å². The molecule has 3 aromatic carbocycles. The summed E-state index contributed by atoms with van der Waals surface area (Å²) in [5.41, 5.74) is 2.86. The molecule has 1 aliphatic rings. The smallest absolute Gasteiger partial charge is 0.264 e. The monoisotopic (exact) mass is 629 g/mol. The summed E-state index contributed by atoms with van der Waals surface area (Å²) in [5, 5.41) is 3.29. The van der Waals surface area contributed by atoms with Gasteiger partial charge in [0.25, 0.3) is 10.0 Å². The summed E-state index contributed by atoms with van der Waals surface area (Å²) in [6.07, 6.45) is 4.28. The minimum Gasteiger partial charge on any atom is -0.352 e. The Balaban J connectivity index is 1.74. The van der Waals surface area contributed by atoms with E-state index >= 15 is 0 Å². The van der Waals surface area contributed by atoms with Crippen molar-refractivity contribution in [2.24, 2.45) is 0 Å². The van der Waals surface area contributed by atoms with Gasteiger partial charge in [0.2, 0.25) is 11.8 Å². The van der Waals surface area contributed by atoms with E-state index in [0.29, 0.717) is 6.42 Å². The van der Waals surface area contributed by atoms with Crippen molar-refractivity contribution in [2.45, 2.75) is 76.4 Å². The number of benzene rings is 3. The number of carbonyl (C=O) groups excluding carboxylic acids is 2. The second-order valence-electron chi connectivity index (χ2n) is 10.8. The van der Waals surface area contributed by atoms with Crippen LogP contribution < -0.4 is 9.62 Å². The molecule has 1 fully saturated rings. The number of aryl methyl sites for hydroxylation is 2. The zero-order valence-corrected chi connectivity index (χ0v) is 26.5. The fourth-order valence-electron chi connectivity index (χ4n) is 5.21. The molecule has 4 rings (SSSR count). The van der Waals surface area contributed by atoms with Crippen LogP contribution in [0.15, 0.2) is 71.6 Å². The van der Waals surface area contributed by atoms with Crippen LogP contribution in [-0.2, 0) is 26.2 Å². The standard InChI is InChI=1S/C32H37Cl2N3O4S/c1-4-28(32(39)35-25-8-5-6-9-25)36(20-24-16-12-22(2)13-17-24)30(38)21-37(29-11-7-10-27(33)31(29)34)42(40,41)26-18-14-23(3)15-19-26/h7,10-19,25,28H,4-6,8-9,20-21H2,1-3H3,(H,35,39). The van der Waals surface area contributed by atoms with Gasteiger partial charge in [-0.05, 0) is 62.9 Å². The van der Waals surface area contributed by atoms with Crippen molar-refractivity contribution >= 4 is 50.7 Å². The second kappa shape index (κ2) is 13.9. The number of anilines is 1. The van der Waals surface area contributed by atoms with Crippen LogP contribution in [0.2, 0.25) is 10.0 Å². The summed E-state index contributed by atoms with van der Waals surface area (Å²) in [5.74, 6) is -0.769. The van der Waals surface area contributed by atoms with Crippen LogP contribution in [0.25, 0.3) is 0 Å². The van der Waals surface area contributed by atoms with Gasteiger partial charge < -0.3 is 10.2 Å². The Hall–Kier alpha value is -3.07. The highest BCUT2D eigenvalue weighted by Gasteiger charge is 2.35. The highest BCUT2D eigenvalue weighted by molar-refractivity contribution is 7.92. The molecule has 0 saturated heterocycles. The first-order valence-electron chi connectivity index (χ1n) is 14.2. The number of rotatable bonds is 11. The van der Waals surface area contributed by atoms with Crippen LogP contribution in [0, 0.1) is 13.8 Å². The van der Waals surface area contributed by atoms with Gasteiger partial charge in [0.05, 0.1) is 20.6 Å². The first-order chi connectivity index (χ1) is 20.0. The molecule has 1 aliphatic carbocycles. The Morgan fingerprint density at radius 1 is 0.929 bits per heavy atom. The van der Waals surface area contributed by atoms with Gasteiger partial charge in [-0.3, -0.25) is 13.9 Å². The van der Waals surface area contributed by atoms with Crippen molar-refractivity contribution in [3.05, 3.63) is 93.5 Å². The number of amides is 2. The third-order valence-electron chi connectivity index (χ3n) is 7.65. The number of sulfonamides is 1. The van der Waals surface area contributed by atoms with E-state index in [2.05, 4.69) is 5.32 Å². The van der Waals surface area contributed by atoms with Crippen molar-refractivity contribution in [3.63, 3.8) is 0 Å². The molecule has 1 atom stereocenters. The third kappa shape index (κ3) is 7.46. The molecule has 0 spiro atoms. The zero-order chi connectivity index (χ0) is 30.4. The first kappa shape index (κ1) is 31.9. The Morgan fingerprint density at radius 3 is 2.12 bits per heavy atom. The van der Waals surface area contributed by atoms with Crippen molar-refractivity contribution in [1.29, 1.82) is 0 Å². The number of halogens is 2. The molecule has 0 radical (unpaired) electrons. The van der Waals surface area contributed by atoms with Gasteiger partial charge in [-0.2, -0.15) is 0 Å². The molecule has 0 bridgehead atoms. The van der Waals surface area contributed by atoms with E-state index in [1.165, 1.54) is 23.1 Å². The normalized spacial score (nSPS) is 14.4. The molecule has 1 N–H and O–H groups in total. The molecule has 0 aromatic heterocycles. The summed E-state index contributed by atoms with van der Waals surface area (Å²) in [7, 11) is -4.25. The van der Waals surface area contributed by atoms with Gasteiger partial charge in [0.1, 0.15) is 12.6 Å². The fourth-order valence-corrected chi connectivity index (χ4v) is 7.09. The van der Waals surface area contributed by atoms with Gasteiger partial charge in [0.15, 0.2) is 0 Å². The average molecular weight is 631 g/mol. The molecule has 7 nitrogen and oxygen atoms in total. The van der Waals surface area contributed by atoms with Gasteiger partial charge in [0, 0.05) is 12.6 Å². The summed E-state index contributed by atoms with van der Waals surface area (Å²) < 4.78 is 29.1. The largest absolute Gasteiger partial charge is 0.352 e. The predicted octanol–water partition coefficient (Wildman–Crippen LogP) is 6.67. The van der Waals surface area contributed by atoms with Crippen LogP contribution in [0.4, 0.5) is 5.69 Å². The van der Waals surface area contributed by atoms with Crippen molar-refractivity contribution in [2.75, 3.05) is 10.8 Å². The molecule has 42 heavy (non-hydrogen) atoms. The maximum atomic E-state index is 14.2. The first-order valence-corrected chi connectivity index (χ1v) is 16.4. The molecule has 0 heterocycles. The SMILES string of the molecule is CCC(C(=O)NC1CCCC1)N(Cc1ccc(C)cc1)C(=O)CN(c1cccc(Cl)c1Cl)S(=O)(=O)c1ccc(C)cc1. The van der Waals surface area contributed by atoms with E-state index in [9.17, 15) is 18.0 Å². The Labute approximate surface area is 258 Å². The molecule has 2 amide bonds. The number of carbonyl (C=O) groups is 2. The Morgan fingerprint density at radius 2 is 1.52 bits per heavy atom. The molecule has 224 valence electrons. The van der Waals surface area contributed by atoms with Crippen LogP contribution in [0.3, 0.4) is 0 Å². The maximum Gasteiger partial charge on any atom is 0.264 e. The molecule has 10 heteroatoms. The summed E-state index contributed by atoms with van der Waals surface area (Å²) in [4.78, 5) is 29.3. The Bertz CT molecular complexity index is 1510. The van der Waals surface area contributed by atoms with Gasteiger partial charge >= 0.3 is 0 Å². The molecule has 0 aliphatic heterocycles. The number of hydrogen-bond acceptors (Lipinski definition) is 4. The Kier molecular flexibility index (Phi) is 10.6.